The summed E-state index contributed by atoms with van der Waals surface area (Å²) in [6, 6.07) is 7.60. The number of fused-ring (bicyclic) bond motifs is 2. The van der Waals surface area contributed by atoms with Crippen LogP contribution in [0, 0.1) is 0 Å². The number of pyridine rings is 2. The summed E-state index contributed by atoms with van der Waals surface area (Å²) in [7, 11) is 1.63. The lowest BCUT2D eigenvalue weighted by molar-refractivity contribution is 0.416. The van der Waals surface area contributed by atoms with E-state index in [0.717, 1.165) is 27.7 Å². The maximum absolute atomic E-state index is 10.7. The number of rotatable bonds is 3. The first kappa shape index (κ1) is 15.5. The van der Waals surface area contributed by atoms with E-state index < -0.39 is 0 Å². The molecule has 0 spiro atoms. The molecule has 0 saturated carbocycles. The maximum atomic E-state index is 10.7. The highest BCUT2D eigenvalue weighted by Gasteiger charge is 2.20. The second kappa shape index (κ2) is 5.60. The Morgan fingerprint density at radius 3 is 2.78 bits per heavy atom. The van der Waals surface area contributed by atoms with Gasteiger partial charge in [-0.25, -0.2) is 4.98 Å². The predicted octanol–water partition coefficient (Wildman–Crippen LogP) is 3.96. The number of nitrogen functional groups attached to an aromatic ring is 1. The molecule has 0 aliphatic heterocycles. The Morgan fingerprint density at radius 1 is 1.19 bits per heavy atom. The zero-order valence-electron chi connectivity index (χ0n) is 14.5. The number of hydrogen-bond donors (Lipinski definition) is 2. The Balaban J connectivity index is 1.85. The fourth-order valence-corrected chi connectivity index (χ4v) is 3.48. The average Bonchev–Trinajstić information content (AvgIpc) is 2.96. The third-order valence-electron chi connectivity index (χ3n) is 4.89. The van der Waals surface area contributed by atoms with Crippen LogP contribution in [0.15, 0.2) is 61.1 Å². The molecule has 4 aromatic rings. The van der Waals surface area contributed by atoms with Crippen LogP contribution in [0.4, 0.5) is 5.69 Å². The quantitative estimate of drug-likeness (QED) is 0.580. The Bertz CT molecular complexity index is 1280. The summed E-state index contributed by atoms with van der Waals surface area (Å²) in [5.74, 6) is 0.806. The van der Waals surface area contributed by atoms with E-state index in [-0.39, 0.29) is 5.88 Å². The number of hydrogen-bond acceptors (Lipinski definition) is 5. The number of para-hydroxylation sites is 1. The van der Waals surface area contributed by atoms with Crippen LogP contribution in [0.2, 0.25) is 0 Å². The van der Waals surface area contributed by atoms with Crippen LogP contribution in [0.3, 0.4) is 0 Å². The molecule has 6 heteroatoms. The normalized spacial score (nSPS) is 13.0. The van der Waals surface area contributed by atoms with Crippen molar-refractivity contribution in [1.82, 2.24) is 14.5 Å². The van der Waals surface area contributed by atoms with Crippen molar-refractivity contribution in [3.8, 4) is 22.8 Å². The van der Waals surface area contributed by atoms with Gasteiger partial charge in [-0.3, -0.25) is 9.55 Å². The van der Waals surface area contributed by atoms with Crippen LogP contribution in [-0.4, -0.2) is 26.8 Å². The minimum absolute atomic E-state index is 0.0943. The summed E-state index contributed by atoms with van der Waals surface area (Å²) >= 11 is 0. The number of nitrogens with zero attached hydrogens (tertiary/aromatic N) is 3. The Labute approximate surface area is 154 Å². The Hall–Kier alpha value is -3.80. The minimum atomic E-state index is 0.0943. The third kappa shape index (κ3) is 2.13. The average molecular weight is 356 g/mol. The highest BCUT2D eigenvalue weighted by atomic mass is 16.5. The first-order valence-electron chi connectivity index (χ1n) is 8.48. The van der Waals surface area contributed by atoms with Crippen molar-refractivity contribution >= 4 is 33.2 Å². The third-order valence-corrected chi connectivity index (χ3v) is 4.89. The molecule has 0 saturated heterocycles. The molecule has 132 valence electrons. The van der Waals surface area contributed by atoms with Crippen molar-refractivity contribution in [2.75, 3.05) is 12.8 Å². The smallest absolute Gasteiger partial charge is 0.207 e. The van der Waals surface area contributed by atoms with Gasteiger partial charge in [0, 0.05) is 40.8 Å². The lowest BCUT2D eigenvalue weighted by atomic mass is 10.0. The Kier molecular flexibility index (Phi) is 3.21. The summed E-state index contributed by atoms with van der Waals surface area (Å²) in [4.78, 5) is 9.04. The molecule has 3 aromatic heterocycles. The van der Waals surface area contributed by atoms with E-state index in [9.17, 15) is 5.11 Å². The van der Waals surface area contributed by atoms with E-state index in [4.69, 9.17) is 15.5 Å². The molecule has 5 rings (SSSR count). The molecule has 0 unspecified atom stereocenters. The number of allylic oxidation sites excluding steroid dienone is 4. The van der Waals surface area contributed by atoms with Crippen molar-refractivity contribution in [3.05, 3.63) is 61.1 Å². The lowest BCUT2D eigenvalue weighted by Gasteiger charge is -2.12. The molecule has 1 aromatic carbocycles. The number of methoxy groups -OCH3 is 1. The van der Waals surface area contributed by atoms with Crippen LogP contribution < -0.4 is 10.5 Å². The molecule has 1 aliphatic carbocycles. The molecule has 27 heavy (non-hydrogen) atoms. The van der Waals surface area contributed by atoms with Gasteiger partial charge in [-0.05, 0) is 18.2 Å². The first-order chi connectivity index (χ1) is 13.2. The standard InChI is InChI=1S/C21H16N4O2/c1-27-17-8-9-23-10-15(17)13-6-3-7-14-19(22)18-16(24-20(13)14)11-25(21(18)26)12-4-2-5-12/h2-11,26H,22H2,1H3. The molecule has 0 atom stereocenters. The summed E-state index contributed by atoms with van der Waals surface area (Å²) < 4.78 is 7.18. The number of anilines is 1. The molecule has 0 radical (unpaired) electrons. The van der Waals surface area contributed by atoms with Gasteiger partial charge < -0.3 is 15.6 Å². The van der Waals surface area contributed by atoms with Gasteiger partial charge in [-0.1, -0.05) is 24.3 Å². The molecule has 1 aliphatic rings. The second-order valence-corrected chi connectivity index (χ2v) is 6.34. The number of nitrogens with two attached hydrogens (primary N) is 1. The Morgan fingerprint density at radius 2 is 2.04 bits per heavy atom. The fourth-order valence-electron chi connectivity index (χ4n) is 3.48. The summed E-state index contributed by atoms with van der Waals surface area (Å²) in [6.07, 6.45) is 11.0. The molecular formula is C21H16N4O2. The van der Waals surface area contributed by atoms with Crippen molar-refractivity contribution in [1.29, 1.82) is 0 Å². The molecule has 0 fully saturated rings. The van der Waals surface area contributed by atoms with E-state index >= 15 is 0 Å². The number of benzene rings is 1. The second-order valence-electron chi connectivity index (χ2n) is 6.34. The minimum Gasteiger partial charge on any atom is -0.496 e. The van der Waals surface area contributed by atoms with Crippen molar-refractivity contribution in [2.24, 2.45) is 0 Å². The highest BCUT2D eigenvalue weighted by molar-refractivity contribution is 6.12. The first-order valence-corrected chi connectivity index (χ1v) is 8.48. The summed E-state index contributed by atoms with van der Waals surface area (Å²) in [5, 5.41) is 12.0. The zero-order chi connectivity index (χ0) is 18.5. The summed E-state index contributed by atoms with van der Waals surface area (Å²) in [6.45, 7) is 0. The number of ether oxygens (including phenoxy) is 1. The molecule has 0 amide bonds. The van der Waals surface area contributed by atoms with E-state index in [1.807, 2.05) is 42.5 Å². The predicted molar refractivity (Wildman–Crippen MR) is 107 cm³/mol. The van der Waals surface area contributed by atoms with Crippen LogP contribution in [0.1, 0.15) is 0 Å². The van der Waals surface area contributed by atoms with Gasteiger partial charge in [0.05, 0.1) is 29.2 Å². The number of aromatic nitrogens is 3. The van der Waals surface area contributed by atoms with E-state index in [1.165, 1.54) is 0 Å². The van der Waals surface area contributed by atoms with Gasteiger partial charge in [-0.2, -0.15) is 0 Å². The van der Waals surface area contributed by atoms with Gasteiger partial charge in [0.25, 0.3) is 0 Å². The molecule has 0 bridgehead atoms. The van der Waals surface area contributed by atoms with Gasteiger partial charge in [0.15, 0.2) is 0 Å². The van der Waals surface area contributed by atoms with Gasteiger partial charge in [0.2, 0.25) is 5.88 Å². The van der Waals surface area contributed by atoms with E-state index in [2.05, 4.69) is 4.98 Å². The highest BCUT2D eigenvalue weighted by Crippen LogP contribution is 2.41. The summed E-state index contributed by atoms with van der Waals surface area (Å²) in [5.41, 5.74) is 10.9. The van der Waals surface area contributed by atoms with Gasteiger partial charge in [-0.15, -0.1) is 0 Å². The SMILES string of the molecule is COc1ccncc1-c1cccc2c(N)c3c(O)n(C4=CC=C4)cc3nc12. The monoisotopic (exact) mass is 356 g/mol. The van der Waals surface area contributed by atoms with Crippen LogP contribution in [-0.2, 0) is 0 Å². The molecule has 3 N–H and O–H groups in total. The van der Waals surface area contributed by atoms with Crippen LogP contribution in [0.25, 0.3) is 38.6 Å². The lowest BCUT2D eigenvalue weighted by Crippen LogP contribution is -1.95. The van der Waals surface area contributed by atoms with Crippen molar-refractivity contribution in [3.63, 3.8) is 0 Å². The topological polar surface area (TPSA) is 86.2 Å². The van der Waals surface area contributed by atoms with Gasteiger partial charge >= 0.3 is 0 Å². The molecular weight excluding hydrogens is 340 g/mol. The zero-order valence-corrected chi connectivity index (χ0v) is 14.5. The molecule has 3 heterocycles. The fraction of sp³-hybridized carbons (Fsp3) is 0.0476. The van der Waals surface area contributed by atoms with Crippen LogP contribution in [0.5, 0.6) is 11.6 Å². The van der Waals surface area contributed by atoms with E-state index in [0.29, 0.717) is 22.3 Å². The maximum Gasteiger partial charge on any atom is 0.207 e. The molecule has 6 nitrogen and oxygen atoms in total. The van der Waals surface area contributed by atoms with Crippen molar-refractivity contribution in [2.45, 2.75) is 0 Å². The number of aromatic hydroxyl groups is 1. The van der Waals surface area contributed by atoms with E-state index in [1.54, 1.807) is 30.3 Å². The van der Waals surface area contributed by atoms with Gasteiger partial charge in [0.1, 0.15) is 5.75 Å². The van der Waals surface area contributed by atoms with Crippen molar-refractivity contribution < 1.29 is 9.84 Å². The van der Waals surface area contributed by atoms with Crippen LogP contribution >= 0.6 is 0 Å². The largest absolute Gasteiger partial charge is 0.496 e.